The van der Waals surface area contributed by atoms with Crippen molar-refractivity contribution in [3.63, 3.8) is 0 Å². The molecule has 0 aliphatic carbocycles. The largest absolute Gasteiger partial charge is 0.490 e. The van der Waals surface area contributed by atoms with E-state index in [0.29, 0.717) is 37.0 Å². The van der Waals surface area contributed by atoms with Gasteiger partial charge in [0.25, 0.3) is 0 Å². The van der Waals surface area contributed by atoms with Crippen LogP contribution in [-0.4, -0.2) is 6.61 Å². The van der Waals surface area contributed by atoms with Crippen LogP contribution in [-0.2, 0) is 12.8 Å². The van der Waals surface area contributed by atoms with Gasteiger partial charge in [-0.3, -0.25) is 0 Å². The summed E-state index contributed by atoms with van der Waals surface area (Å²) in [6.07, 6.45) is 4.44. The minimum atomic E-state index is -0.981. The van der Waals surface area contributed by atoms with Gasteiger partial charge < -0.3 is 4.74 Å². The summed E-state index contributed by atoms with van der Waals surface area (Å²) < 4.78 is 48.2. The van der Waals surface area contributed by atoms with Gasteiger partial charge in [-0.05, 0) is 73.1 Å². The fourth-order valence-electron chi connectivity index (χ4n) is 3.26. The molecule has 0 heterocycles. The zero-order chi connectivity index (χ0) is 21.5. The van der Waals surface area contributed by atoms with Gasteiger partial charge in [0.1, 0.15) is 5.82 Å². The third-order valence-electron chi connectivity index (χ3n) is 5.01. The van der Waals surface area contributed by atoms with Gasteiger partial charge in [-0.1, -0.05) is 42.5 Å². The van der Waals surface area contributed by atoms with Crippen LogP contribution in [0.5, 0.6) is 5.75 Å². The third kappa shape index (κ3) is 5.32. The maximum atomic E-state index is 14.6. The molecule has 0 bridgehead atoms. The quantitative estimate of drug-likeness (QED) is 0.267. The van der Waals surface area contributed by atoms with Crippen LogP contribution in [0.4, 0.5) is 13.2 Å². The van der Waals surface area contributed by atoms with E-state index in [-0.39, 0.29) is 17.1 Å². The molecule has 0 aromatic heterocycles. The fraction of sp³-hybridized carbons (Fsp3) is 0.231. The van der Waals surface area contributed by atoms with Crippen molar-refractivity contribution in [1.82, 2.24) is 0 Å². The van der Waals surface area contributed by atoms with Gasteiger partial charge in [0.2, 0.25) is 5.82 Å². The topological polar surface area (TPSA) is 9.23 Å². The zero-order valence-corrected chi connectivity index (χ0v) is 17.1. The Morgan fingerprint density at radius 1 is 0.900 bits per heavy atom. The Bertz CT molecular complexity index is 1010. The van der Waals surface area contributed by atoms with Crippen LogP contribution in [0.25, 0.3) is 11.1 Å². The highest BCUT2D eigenvalue weighted by atomic mass is 19.2. The summed E-state index contributed by atoms with van der Waals surface area (Å²) in [6, 6.07) is 15.4. The maximum Gasteiger partial charge on any atom is 0.201 e. The van der Waals surface area contributed by atoms with Crippen LogP contribution in [0.3, 0.4) is 0 Å². The second kappa shape index (κ2) is 10.1. The first-order chi connectivity index (χ1) is 14.5. The van der Waals surface area contributed by atoms with Gasteiger partial charge in [0.15, 0.2) is 11.6 Å². The average Bonchev–Trinajstić information content (AvgIpc) is 2.74. The molecule has 0 spiro atoms. The lowest BCUT2D eigenvalue weighted by Gasteiger charge is -2.11. The normalized spacial score (nSPS) is 10.8. The average molecular weight is 410 g/mol. The molecule has 3 aromatic carbocycles. The van der Waals surface area contributed by atoms with Gasteiger partial charge >= 0.3 is 0 Å². The number of aryl methyl sites for hydroxylation is 3. The van der Waals surface area contributed by atoms with E-state index in [0.717, 1.165) is 17.5 Å². The Morgan fingerprint density at radius 2 is 1.67 bits per heavy atom. The highest BCUT2D eigenvalue weighted by Crippen LogP contribution is 2.30. The first kappa shape index (κ1) is 21.7. The number of hydrogen-bond acceptors (Lipinski definition) is 1. The molecule has 0 atom stereocenters. The lowest BCUT2D eigenvalue weighted by atomic mass is 9.99. The van der Waals surface area contributed by atoms with Crippen LogP contribution in [0, 0.1) is 24.4 Å². The monoisotopic (exact) mass is 410 g/mol. The second-order valence-electron chi connectivity index (χ2n) is 7.31. The van der Waals surface area contributed by atoms with Crippen molar-refractivity contribution >= 4 is 0 Å². The Kier molecular flexibility index (Phi) is 7.34. The molecule has 0 unspecified atom stereocenters. The number of allylic oxidation sites excluding steroid dienone is 1. The number of rotatable bonds is 9. The molecule has 3 aromatic rings. The molecular weight excluding hydrogens is 385 g/mol. The summed E-state index contributed by atoms with van der Waals surface area (Å²) in [5.74, 6) is -2.19. The number of benzene rings is 3. The fourth-order valence-corrected chi connectivity index (χ4v) is 3.26. The molecular formula is C26H25F3O. The Labute approximate surface area is 175 Å². The second-order valence-corrected chi connectivity index (χ2v) is 7.31. The van der Waals surface area contributed by atoms with Gasteiger partial charge in [-0.25, -0.2) is 8.78 Å². The van der Waals surface area contributed by atoms with Crippen molar-refractivity contribution in [3.8, 4) is 16.9 Å². The molecule has 0 N–H and O–H groups in total. The summed E-state index contributed by atoms with van der Waals surface area (Å²) in [5, 5.41) is 0. The number of halogens is 3. The van der Waals surface area contributed by atoms with E-state index in [1.54, 1.807) is 24.3 Å². The zero-order valence-electron chi connectivity index (χ0n) is 17.1. The summed E-state index contributed by atoms with van der Waals surface area (Å²) >= 11 is 0. The van der Waals surface area contributed by atoms with Crippen molar-refractivity contribution in [2.45, 2.75) is 32.6 Å². The van der Waals surface area contributed by atoms with E-state index in [1.165, 1.54) is 18.2 Å². The first-order valence-corrected chi connectivity index (χ1v) is 10.1. The molecule has 0 saturated carbocycles. The number of ether oxygens (including phenoxy) is 1. The molecule has 3 rings (SSSR count). The lowest BCUT2D eigenvalue weighted by molar-refractivity contribution is 0.291. The van der Waals surface area contributed by atoms with E-state index in [9.17, 15) is 13.2 Å². The van der Waals surface area contributed by atoms with Crippen LogP contribution in [0.15, 0.2) is 67.3 Å². The first-order valence-electron chi connectivity index (χ1n) is 10.1. The van der Waals surface area contributed by atoms with Gasteiger partial charge in [-0.2, -0.15) is 4.39 Å². The Balaban J connectivity index is 1.68. The molecule has 0 amide bonds. The number of hydrogen-bond donors (Lipinski definition) is 0. The van der Waals surface area contributed by atoms with E-state index >= 15 is 0 Å². The van der Waals surface area contributed by atoms with E-state index in [1.807, 2.05) is 25.1 Å². The van der Waals surface area contributed by atoms with Gasteiger partial charge in [0, 0.05) is 5.56 Å². The lowest BCUT2D eigenvalue weighted by Crippen LogP contribution is -2.01. The Morgan fingerprint density at radius 3 is 2.37 bits per heavy atom. The SMILES string of the molecule is C=CCCCOc1ccc(-c2ccc(CCc3ccc(C)cc3F)cc2)c(F)c1F. The van der Waals surface area contributed by atoms with Crippen molar-refractivity contribution in [2.75, 3.05) is 6.61 Å². The minimum Gasteiger partial charge on any atom is -0.490 e. The summed E-state index contributed by atoms with van der Waals surface area (Å²) in [5.41, 5.74) is 3.32. The van der Waals surface area contributed by atoms with Crippen LogP contribution >= 0.6 is 0 Å². The van der Waals surface area contributed by atoms with Crippen molar-refractivity contribution < 1.29 is 17.9 Å². The molecule has 0 aliphatic heterocycles. The van der Waals surface area contributed by atoms with Crippen LogP contribution < -0.4 is 4.74 Å². The van der Waals surface area contributed by atoms with Crippen LogP contribution in [0.2, 0.25) is 0 Å². The van der Waals surface area contributed by atoms with E-state index in [2.05, 4.69) is 6.58 Å². The number of unbranched alkanes of at least 4 members (excludes halogenated alkanes) is 1. The van der Waals surface area contributed by atoms with Crippen LogP contribution in [0.1, 0.15) is 29.5 Å². The molecule has 1 nitrogen and oxygen atoms in total. The molecule has 156 valence electrons. The predicted octanol–water partition coefficient (Wildman–Crippen LogP) is 7.21. The highest BCUT2D eigenvalue weighted by Gasteiger charge is 2.16. The summed E-state index contributed by atoms with van der Waals surface area (Å²) in [6.45, 7) is 5.78. The summed E-state index contributed by atoms with van der Waals surface area (Å²) in [4.78, 5) is 0. The molecule has 0 radical (unpaired) electrons. The standard InChI is InChI=1S/C26H25F3O/c1-3-4-5-16-30-24-15-14-22(25(28)26(24)29)20-11-7-19(8-12-20)9-13-21-10-6-18(2)17-23(21)27/h3,6-8,10-12,14-15,17H,1,4-5,9,13,16H2,2H3. The highest BCUT2D eigenvalue weighted by molar-refractivity contribution is 5.65. The maximum absolute atomic E-state index is 14.6. The third-order valence-corrected chi connectivity index (χ3v) is 5.01. The van der Waals surface area contributed by atoms with Crippen molar-refractivity contribution in [2.24, 2.45) is 0 Å². The van der Waals surface area contributed by atoms with Crippen molar-refractivity contribution in [3.05, 3.63) is 101 Å². The predicted molar refractivity (Wildman–Crippen MR) is 115 cm³/mol. The van der Waals surface area contributed by atoms with Gasteiger partial charge in [-0.15, -0.1) is 6.58 Å². The smallest absolute Gasteiger partial charge is 0.201 e. The molecule has 0 saturated heterocycles. The molecule has 0 aliphatic rings. The minimum absolute atomic E-state index is 0.0861. The molecule has 30 heavy (non-hydrogen) atoms. The Hall–Kier alpha value is -3.01. The molecule has 4 heteroatoms. The van der Waals surface area contributed by atoms with E-state index in [4.69, 9.17) is 4.74 Å². The van der Waals surface area contributed by atoms with E-state index < -0.39 is 11.6 Å². The molecule has 0 fully saturated rings. The summed E-state index contributed by atoms with van der Waals surface area (Å²) in [7, 11) is 0. The van der Waals surface area contributed by atoms with Crippen molar-refractivity contribution in [1.29, 1.82) is 0 Å². The van der Waals surface area contributed by atoms with Gasteiger partial charge in [0.05, 0.1) is 6.61 Å².